The first kappa shape index (κ1) is 16.1. The molecule has 0 atom stereocenters. The Morgan fingerprint density at radius 2 is 1.88 bits per heavy atom. The van der Waals surface area contributed by atoms with Crippen LogP contribution < -0.4 is 15.4 Å². The Bertz CT molecular complexity index is 974. The molecule has 0 saturated heterocycles. The van der Waals surface area contributed by atoms with Crippen LogP contribution in [0, 0.1) is 0 Å². The van der Waals surface area contributed by atoms with E-state index >= 15 is 0 Å². The predicted molar refractivity (Wildman–Crippen MR) is 96.6 cm³/mol. The van der Waals surface area contributed by atoms with E-state index in [-0.39, 0.29) is 29.4 Å². The van der Waals surface area contributed by atoms with Gasteiger partial charge >= 0.3 is 0 Å². The van der Waals surface area contributed by atoms with Gasteiger partial charge in [-0.05, 0) is 49.2 Å². The second-order valence-corrected chi connectivity index (χ2v) is 6.17. The van der Waals surface area contributed by atoms with E-state index in [1.165, 1.54) is 0 Å². The van der Waals surface area contributed by atoms with Gasteiger partial charge in [-0.25, -0.2) is 4.98 Å². The molecule has 1 saturated carbocycles. The number of hydrogen-bond acceptors (Lipinski definition) is 4. The van der Waals surface area contributed by atoms with Crippen molar-refractivity contribution in [3.63, 3.8) is 0 Å². The summed E-state index contributed by atoms with van der Waals surface area (Å²) in [5, 5.41) is 5.71. The number of aromatic nitrogens is 2. The minimum Gasteiger partial charge on any atom is -0.497 e. The number of benzene rings is 1. The van der Waals surface area contributed by atoms with Gasteiger partial charge in [0, 0.05) is 17.9 Å². The van der Waals surface area contributed by atoms with Crippen LogP contribution in [0.3, 0.4) is 0 Å². The van der Waals surface area contributed by atoms with Gasteiger partial charge in [0.05, 0.1) is 12.6 Å². The van der Waals surface area contributed by atoms with Crippen LogP contribution in [-0.4, -0.2) is 34.4 Å². The fourth-order valence-electron chi connectivity index (χ4n) is 2.71. The molecule has 132 valence electrons. The van der Waals surface area contributed by atoms with Crippen LogP contribution in [0.15, 0.2) is 48.7 Å². The number of carbonyl (C=O) groups excluding carboxylic acids is 2. The van der Waals surface area contributed by atoms with Crippen LogP contribution in [0.25, 0.3) is 5.52 Å². The lowest BCUT2D eigenvalue weighted by Gasteiger charge is -2.05. The molecule has 0 unspecified atom stereocenters. The van der Waals surface area contributed by atoms with Gasteiger partial charge in [0.1, 0.15) is 5.75 Å². The fraction of sp³-hybridized carbons (Fsp3) is 0.211. The maximum absolute atomic E-state index is 12.7. The highest BCUT2D eigenvalue weighted by Crippen LogP contribution is 2.21. The van der Waals surface area contributed by atoms with Crippen molar-refractivity contribution in [1.29, 1.82) is 0 Å². The summed E-state index contributed by atoms with van der Waals surface area (Å²) in [7, 11) is 1.58. The van der Waals surface area contributed by atoms with Crippen molar-refractivity contribution in [3.05, 3.63) is 60.2 Å². The van der Waals surface area contributed by atoms with Gasteiger partial charge in [-0.1, -0.05) is 6.07 Å². The molecular weight excluding hydrogens is 332 g/mol. The van der Waals surface area contributed by atoms with Crippen LogP contribution in [0.2, 0.25) is 0 Å². The van der Waals surface area contributed by atoms with E-state index in [4.69, 9.17) is 4.74 Å². The van der Waals surface area contributed by atoms with Crippen LogP contribution in [0.5, 0.6) is 5.75 Å². The van der Waals surface area contributed by atoms with Gasteiger partial charge in [0.15, 0.2) is 5.69 Å². The number of nitrogens with one attached hydrogen (secondary N) is 2. The maximum atomic E-state index is 12.7. The first-order valence-electron chi connectivity index (χ1n) is 8.39. The molecule has 0 bridgehead atoms. The number of methoxy groups -OCH3 is 1. The number of hydrogen-bond donors (Lipinski definition) is 2. The topological polar surface area (TPSA) is 84.7 Å². The number of amides is 2. The second-order valence-electron chi connectivity index (χ2n) is 6.17. The summed E-state index contributed by atoms with van der Waals surface area (Å²) in [6.45, 7) is 0. The Kier molecular flexibility index (Phi) is 4.04. The molecule has 7 heteroatoms. The van der Waals surface area contributed by atoms with E-state index in [1.54, 1.807) is 54.1 Å². The molecule has 2 aromatic heterocycles. The molecular formula is C19H18N4O3. The number of rotatable bonds is 5. The summed E-state index contributed by atoms with van der Waals surface area (Å²) in [5.41, 5.74) is 1.42. The first-order valence-corrected chi connectivity index (χ1v) is 8.39. The number of nitrogens with zero attached hydrogens (tertiary/aromatic N) is 2. The van der Waals surface area contributed by atoms with Gasteiger partial charge < -0.3 is 15.4 Å². The van der Waals surface area contributed by atoms with Crippen molar-refractivity contribution >= 4 is 23.0 Å². The number of ether oxygens (including phenoxy) is 1. The van der Waals surface area contributed by atoms with Crippen molar-refractivity contribution in [3.8, 4) is 5.75 Å². The SMILES string of the molecule is COc1ccc(NC(=O)c2nc(C(=O)NC3CC3)n3ccccc23)cc1. The average Bonchev–Trinajstić information content (AvgIpc) is 3.39. The highest BCUT2D eigenvalue weighted by molar-refractivity contribution is 6.09. The predicted octanol–water partition coefficient (Wildman–Crippen LogP) is 2.49. The molecule has 0 aliphatic heterocycles. The standard InChI is InChI=1S/C19H18N4O3/c1-26-14-9-7-13(8-10-14)20-18(24)16-15-4-2-3-11-23(15)17(22-16)19(25)21-12-5-6-12/h2-4,7-12H,5-6H2,1H3,(H,20,24)(H,21,25). The Morgan fingerprint density at radius 3 is 2.58 bits per heavy atom. The molecule has 0 spiro atoms. The molecule has 1 fully saturated rings. The summed E-state index contributed by atoms with van der Waals surface area (Å²) < 4.78 is 6.75. The number of fused-ring (bicyclic) bond motifs is 1. The van der Waals surface area contributed by atoms with Gasteiger partial charge in [0.2, 0.25) is 5.82 Å². The third-order valence-corrected chi connectivity index (χ3v) is 4.23. The van der Waals surface area contributed by atoms with E-state index in [0.29, 0.717) is 17.0 Å². The summed E-state index contributed by atoms with van der Waals surface area (Å²) in [6.07, 6.45) is 3.70. The summed E-state index contributed by atoms with van der Waals surface area (Å²) in [6, 6.07) is 12.6. The van der Waals surface area contributed by atoms with Crippen molar-refractivity contribution in [2.75, 3.05) is 12.4 Å². The van der Waals surface area contributed by atoms with E-state index in [2.05, 4.69) is 15.6 Å². The Balaban J connectivity index is 1.64. The fourth-order valence-corrected chi connectivity index (χ4v) is 2.71. The number of carbonyl (C=O) groups is 2. The molecule has 26 heavy (non-hydrogen) atoms. The molecule has 7 nitrogen and oxygen atoms in total. The summed E-state index contributed by atoms with van der Waals surface area (Å²) in [4.78, 5) is 29.5. The third-order valence-electron chi connectivity index (χ3n) is 4.23. The van der Waals surface area contributed by atoms with Gasteiger partial charge in [0.25, 0.3) is 11.8 Å². The lowest BCUT2D eigenvalue weighted by molar-refractivity contribution is 0.0940. The normalized spacial score (nSPS) is 13.4. The quantitative estimate of drug-likeness (QED) is 0.740. The molecule has 2 heterocycles. The Labute approximate surface area is 150 Å². The third kappa shape index (κ3) is 3.11. The zero-order chi connectivity index (χ0) is 18.1. The van der Waals surface area contributed by atoms with Crippen molar-refractivity contribution in [2.45, 2.75) is 18.9 Å². The molecule has 0 radical (unpaired) electrons. The van der Waals surface area contributed by atoms with E-state index in [9.17, 15) is 9.59 Å². The minimum atomic E-state index is -0.371. The van der Waals surface area contributed by atoms with Gasteiger partial charge in [-0.2, -0.15) is 0 Å². The molecule has 2 N–H and O–H groups in total. The van der Waals surface area contributed by atoms with Crippen LogP contribution in [0.1, 0.15) is 33.9 Å². The summed E-state index contributed by atoms with van der Waals surface area (Å²) >= 11 is 0. The monoisotopic (exact) mass is 350 g/mol. The van der Waals surface area contributed by atoms with E-state index < -0.39 is 0 Å². The van der Waals surface area contributed by atoms with Crippen molar-refractivity contribution in [1.82, 2.24) is 14.7 Å². The van der Waals surface area contributed by atoms with Crippen LogP contribution >= 0.6 is 0 Å². The largest absolute Gasteiger partial charge is 0.497 e. The zero-order valence-electron chi connectivity index (χ0n) is 14.2. The Morgan fingerprint density at radius 1 is 1.12 bits per heavy atom. The summed E-state index contributed by atoms with van der Waals surface area (Å²) in [5.74, 6) is 0.281. The van der Waals surface area contributed by atoms with Crippen molar-refractivity contribution in [2.24, 2.45) is 0 Å². The Hall–Kier alpha value is -3.35. The van der Waals surface area contributed by atoms with Gasteiger partial charge in [-0.15, -0.1) is 0 Å². The highest BCUT2D eigenvalue weighted by Gasteiger charge is 2.27. The number of pyridine rings is 1. The molecule has 2 amide bonds. The maximum Gasteiger partial charge on any atom is 0.287 e. The number of anilines is 1. The number of imidazole rings is 1. The van der Waals surface area contributed by atoms with Crippen LogP contribution in [0.4, 0.5) is 5.69 Å². The molecule has 4 rings (SSSR count). The van der Waals surface area contributed by atoms with Crippen molar-refractivity contribution < 1.29 is 14.3 Å². The average molecular weight is 350 g/mol. The lowest BCUT2D eigenvalue weighted by Crippen LogP contribution is -2.27. The van der Waals surface area contributed by atoms with Crippen LogP contribution in [-0.2, 0) is 0 Å². The lowest BCUT2D eigenvalue weighted by atomic mass is 10.2. The zero-order valence-corrected chi connectivity index (χ0v) is 14.2. The second kappa shape index (κ2) is 6.51. The first-order chi connectivity index (χ1) is 12.7. The smallest absolute Gasteiger partial charge is 0.287 e. The molecule has 3 aromatic rings. The van der Waals surface area contributed by atoms with E-state index in [0.717, 1.165) is 12.8 Å². The molecule has 1 aliphatic rings. The molecule has 1 aliphatic carbocycles. The molecule has 1 aromatic carbocycles. The highest BCUT2D eigenvalue weighted by atomic mass is 16.5. The minimum absolute atomic E-state index is 0.211. The van der Waals surface area contributed by atoms with E-state index in [1.807, 2.05) is 6.07 Å². The van der Waals surface area contributed by atoms with Gasteiger partial charge in [-0.3, -0.25) is 14.0 Å².